The number of ether oxygens (including phenoxy) is 1. The van der Waals surface area contributed by atoms with Gasteiger partial charge in [0.25, 0.3) is 0 Å². The minimum absolute atomic E-state index is 0.0391. The molecule has 0 spiro atoms. The number of nitrogens with zero attached hydrogens (tertiary/aromatic N) is 1. The van der Waals surface area contributed by atoms with E-state index in [1.54, 1.807) is 17.0 Å². The second-order valence-corrected chi connectivity index (χ2v) is 8.42. The summed E-state index contributed by atoms with van der Waals surface area (Å²) in [6, 6.07) is 14.8. The number of halogens is 1. The highest BCUT2D eigenvalue weighted by Crippen LogP contribution is 2.17. The van der Waals surface area contributed by atoms with Crippen molar-refractivity contribution in [1.82, 2.24) is 10.2 Å². The van der Waals surface area contributed by atoms with Crippen molar-refractivity contribution in [3.63, 3.8) is 0 Å². The fraction of sp³-hybridized carbons (Fsp3) is 0.462. The van der Waals surface area contributed by atoms with Crippen LogP contribution in [0.25, 0.3) is 0 Å². The van der Waals surface area contributed by atoms with Crippen LogP contribution >= 0.6 is 11.6 Å². The first-order valence-electron chi connectivity index (χ1n) is 11.5. The van der Waals surface area contributed by atoms with Gasteiger partial charge >= 0.3 is 0 Å². The molecule has 2 aromatic carbocycles. The molecule has 2 aromatic rings. The van der Waals surface area contributed by atoms with Crippen LogP contribution in [-0.4, -0.2) is 35.9 Å². The van der Waals surface area contributed by atoms with Crippen molar-refractivity contribution in [2.24, 2.45) is 0 Å². The van der Waals surface area contributed by atoms with E-state index in [0.29, 0.717) is 44.0 Å². The van der Waals surface area contributed by atoms with Crippen LogP contribution in [0.1, 0.15) is 57.1 Å². The van der Waals surface area contributed by atoms with Gasteiger partial charge in [-0.05, 0) is 56.0 Å². The van der Waals surface area contributed by atoms with E-state index in [1.807, 2.05) is 50.2 Å². The number of rotatable bonds is 13. The fourth-order valence-corrected chi connectivity index (χ4v) is 3.53. The molecule has 0 saturated heterocycles. The Morgan fingerprint density at radius 2 is 1.72 bits per heavy atom. The highest BCUT2D eigenvalue weighted by atomic mass is 35.5. The van der Waals surface area contributed by atoms with Crippen LogP contribution in [0, 0.1) is 6.92 Å². The number of amides is 2. The van der Waals surface area contributed by atoms with Crippen LogP contribution in [-0.2, 0) is 16.1 Å². The maximum Gasteiger partial charge on any atom is 0.242 e. The van der Waals surface area contributed by atoms with Crippen LogP contribution < -0.4 is 10.1 Å². The van der Waals surface area contributed by atoms with Gasteiger partial charge in [-0.3, -0.25) is 9.59 Å². The van der Waals surface area contributed by atoms with E-state index in [9.17, 15) is 9.59 Å². The fourth-order valence-electron chi connectivity index (χ4n) is 3.40. The average molecular weight is 459 g/mol. The third-order valence-corrected chi connectivity index (χ3v) is 5.56. The zero-order chi connectivity index (χ0) is 23.3. The Balaban J connectivity index is 2.02. The van der Waals surface area contributed by atoms with E-state index in [-0.39, 0.29) is 11.8 Å². The van der Waals surface area contributed by atoms with Crippen molar-refractivity contribution in [2.45, 2.75) is 65.5 Å². The van der Waals surface area contributed by atoms with Crippen molar-refractivity contribution >= 4 is 23.4 Å². The molecule has 0 aliphatic heterocycles. The summed E-state index contributed by atoms with van der Waals surface area (Å²) in [7, 11) is 0. The van der Waals surface area contributed by atoms with Crippen LogP contribution in [0.2, 0.25) is 5.02 Å². The van der Waals surface area contributed by atoms with Crippen molar-refractivity contribution in [3.8, 4) is 5.75 Å². The molecule has 0 saturated carbocycles. The lowest BCUT2D eigenvalue weighted by Crippen LogP contribution is -2.49. The Morgan fingerprint density at radius 3 is 2.34 bits per heavy atom. The highest BCUT2D eigenvalue weighted by molar-refractivity contribution is 6.30. The first-order chi connectivity index (χ1) is 15.4. The van der Waals surface area contributed by atoms with Gasteiger partial charge in [0.05, 0.1) is 6.61 Å². The number of aryl methyl sites for hydroxylation is 1. The highest BCUT2D eigenvalue weighted by Gasteiger charge is 2.28. The van der Waals surface area contributed by atoms with Crippen molar-refractivity contribution in [1.29, 1.82) is 0 Å². The van der Waals surface area contributed by atoms with Crippen molar-refractivity contribution < 1.29 is 14.3 Å². The van der Waals surface area contributed by atoms with E-state index in [4.69, 9.17) is 16.3 Å². The molecule has 2 rings (SSSR count). The summed E-state index contributed by atoms with van der Waals surface area (Å²) in [5, 5.41) is 3.64. The van der Waals surface area contributed by atoms with Gasteiger partial charge < -0.3 is 15.0 Å². The molecule has 174 valence electrons. The predicted octanol–water partition coefficient (Wildman–Crippen LogP) is 5.53. The van der Waals surface area contributed by atoms with E-state index in [0.717, 1.165) is 29.7 Å². The van der Waals surface area contributed by atoms with Gasteiger partial charge in [0.2, 0.25) is 11.8 Å². The van der Waals surface area contributed by atoms with E-state index in [1.165, 1.54) is 0 Å². The molecule has 2 amide bonds. The molecule has 0 aliphatic rings. The molecule has 0 unspecified atom stereocenters. The lowest BCUT2D eigenvalue weighted by Gasteiger charge is -2.31. The molecule has 1 atom stereocenters. The first-order valence-corrected chi connectivity index (χ1v) is 11.8. The van der Waals surface area contributed by atoms with Gasteiger partial charge in [-0.2, -0.15) is 0 Å². The number of hydrogen-bond donors (Lipinski definition) is 1. The zero-order valence-corrected chi connectivity index (χ0v) is 20.2. The molecule has 6 heteroatoms. The van der Waals surface area contributed by atoms with Gasteiger partial charge in [0.15, 0.2) is 0 Å². The average Bonchev–Trinajstić information content (AvgIpc) is 2.79. The smallest absolute Gasteiger partial charge is 0.242 e. The Kier molecular flexibility index (Phi) is 11.1. The molecule has 0 fully saturated rings. The van der Waals surface area contributed by atoms with E-state index >= 15 is 0 Å². The minimum atomic E-state index is -0.488. The zero-order valence-electron chi connectivity index (χ0n) is 19.4. The molecule has 0 aromatic heterocycles. The summed E-state index contributed by atoms with van der Waals surface area (Å²) in [6.07, 6.45) is 3.39. The maximum absolute atomic E-state index is 13.2. The van der Waals surface area contributed by atoms with Crippen molar-refractivity contribution in [2.75, 3.05) is 13.2 Å². The molecular weight excluding hydrogens is 424 g/mol. The molecule has 32 heavy (non-hydrogen) atoms. The minimum Gasteiger partial charge on any atom is -0.494 e. The summed E-state index contributed by atoms with van der Waals surface area (Å²) in [6.45, 7) is 7.53. The molecule has 0 radical (unpaired) electrons. The second-order valence-electron chi connectivity index (χ2n) is 7.98. The number of benzene rings is 2. The number of nitrogens with one attached hydrogen (secondary N) is 1. The molecule has 1 N–H and O–H groups in total. The SMILES string of the molecule is CCCCNC(=O)[C@H](CC)N(Cc1ccc(C)cc1)C(=O)CCCOc1ccc(Cl)cc1. The molecule has 0 aliphatic carbocycles. The van der Waals surface area contributed by atoms with Crippen LogP contribution in [0.4, 0.5) is 0 Å². The first kappa shape index (κ1) is 25.7. The van der Waals surface area contributed by atoms with Gasteiger partial charge in [0, 0.05) is 24.5 Å². The van der Waals surface area contributed by atoms with Crippen LogP contribution in [0.15, 0.2) is 48.5 Å². The monoisotopic (exact) mass is 458 g/mol. The quantitative estimate of drug-likeness (QED) is 0.401. The Labute approximate surface area is 197 Å². The standard InChI is InChI=1S/C26H35ClN2O3/c1-4-6-17-28-26(31)24(5-2)29(19-21-11-9-20(3)10-12-21)25(30)8-7-18-32-23-15-13-22(27)14-16-23/h9-16,24H,4-8,17-19H2,1-3H3,(H,28,31)/t24-/m0/s1. The van der Waals surface area contributed by atoms with Crippen LogP contribution in [0.3, 0.4) is 0 Å². The topological polar surface area (TPSA) is 58.6 Å². The number of unbranched alkanes of at least 4 members (excludes halogenated alkanes) is 1. The molecular formula is C26H35ClN2O3. The van der Waals surface area contributed by atoms with Crippen LogP contribution in [0.5, 0.6) is 5.75 Å². The van der Waals surface area contributed by atoms with E-state index < -0.39 is 6.04 Å². The number of carbonyl (C=O) groups excluding carboxylic acids is 2. The van der Waals surface area contributed by atoms with Gasteiger partial charge in [-0.1, -0.05) is 61.7 Å². The van der Waals surface area contributed by atoms with Crippen molar-refractivity contribution in [3.05, 3.63) is 64.7 Å². The summed E-state index contributed by atoms with van der Waals surface area (Å²) in [5.41, 5.74) is 2.18. The predicted molar refractivity (Wildman–Crippen MR) is 130 cm³/mol. The largest absolute Gasteiger partial charge is 0.494 e. The molecule has 5 nitrogen and oxygen atoms in total. The number of carbonyl (C=O) groups is 2. The van der Waals surface area contributed by atoms with E-state index in [2.05, 4.69) is 12.2 Å². The Morgan fingerprint density at radius 1 is 1.03 bits per heavy atom. The summed E-state index contributed by atoms with van der Waals surface area (Å²) in [5.74, 6) is 0.599. The summed E-state index contributed by atoms with van der Waals surface area (Å²) < 4.78 is 5.71. The normalized spacial score (nSPS) is 11.6. The lowest BCUT2D eigenvalue weighted by atomic mass is 10.1. The third kappa shape index (κ3) is 8.54. The maximum atomic E-state index is 13.2. The molecule has 0 bridgehead atoms. The molecule has 0 heterocycles. The third-order valence-electron chi connectivity index (χ3n) is 5.31. The summed E-state index contributed by atoms with van der Waals surface area (Å²) >= 11 is 5.89. The summed E-state index contributed by atoms with van der Waals surface area (Å²) in [4.78, 5) is 27.7. The Bertz CT molecular complexity index is 837. The number of hydrogen-bond acceptors (Lipinski definition) is 3. The van der Waals surface area contributed by atoms with Gasteiger partial charge in [-0.15, -0.1) is 0 Å². The second kappa shape index (κ2) is 13.8. The lowest BCUT2D eigenvalue weighted by molar-refractivity contribution is -0.141. The Hall–Kier alpha value is -2.53. The van der Waals surface area contributed by atoms with Gasteiger partial charge in [0.1, 0.15) is 11.8 Å². The van der Waals surface area contributed by atoms with Gasteiger partial charge in [-0.25, -0.2) is 0 Å².